The van der Waals surface area contributed by atoms with Gasteiger partial charge in [-0.1, -0.05) is 49.6 Å². The molecular formula is C26H31N3O3. The van der Waals surface area contributed by atoms with Crippen LogP contribution in [0.3, 0.4) is 0 Å². The number of fused-ring (bicyclic) bond motifs is 3. The van der Waals surface area contributed by atoms with Gasteiger partial charge in [-0.25, -0.2) is 0 Å². The molecule has 3 unspecified atom stereocenters. The Labute approximate surface area is 188 Å². The van der Waals surface area contributed by atoms with Crippen molar-refractivity contribution < 1.29 is 14.0 Å². The number of aromatic nitrogens is 1. The average molecular weight is 434 g/mol. The zero-order valence-corrected chi connectivity index (χ0v) is 19.1. The van der Waals surface area contributed by atoms with E-state index in [-0.39, 0.29) is 17.9 Å². The minimum Gasteiger partial charge on any atom is -0.463 e. The van der Waals surface area contributed by atoms with Crippen LogP contribution in [0.25, 0.3) is 11.1 Å². The van der Waals surface area contributed by atoms with Gasteiger partial charge in [-0.15, -0.1) is 0 Å². The lowest BCUT2D eigenvalue weighted by atomic mass is 9.85. The Morgan fingerprint density at radius 1 is 1.19 bits per heavy atom. The third-order valence-electron chi connectivity index (χ3n) is 7.43. The second kappa shape index (κ2) is 7.84. The number of hydrogen-bond acceptors (Lipinski definition) is 3. The summed E-state index contributed by atoms with van der Waals surface area (Å²) in [6, 6.07) is 12.0. The number of rotatable bonds is 4. The molecule has 168 valence electrons. The van der Waals surface area contributed by atoms with Crippen LogP contribution < -0.4 is 5.32 Å². The monoisotopic (exact) mass is 433 g/mol. The largest absolute Gasteiger partial charge is 0.463 e. The predicted molar refractivity (Wildman–Crippen MR) is 123 cm³/mol. The summed E-state index contributed by atoms with van der Waals surface area (Å²) in [5, 5.41) is 3.32. The summed E-state index contributed by atoms with van der Waals surface area (Å²) in [5.41, 5.74) is 3.28. The van der Waals surface area contributed by atoms with Crippen LogP contribution in [0.5, 0.6) is 0 Å². The topological polar surface area (TPSA) is 67.5 Å². The van der Waals surface area contributed by atoms with E-state index in [0.717, 1.165) is 30.3 Å². The Kier molecular flexibility index (Phi) is 5.11. The summed E-state index contributed by atoms with van der Waals surface area (Å²) in [7, 11) is 0. The van der Waals surface area contributed by atoms with Crippen LogP contribution in [0.15, 0.2) is 47.1 Å². The van der Waals surface area contributed by atoms with Crippen LogP contribution in [0.4, 0.5) is 0 Å². The highest BCUT2D eigenvalue weighted by atomic mass is 16.3. The highest BCUT2D eigenvalue weighted by Crippen LogP contribution is 2.34. The fraction of sp³-hybridized carbons (Fsp3) is 0.462. The van der Waals surface area contributed by atoms with E-state index in [2.05, 4.69) is 12.2 Å². The van der Waals surface area contributed by atoms with Crippen molar-refractivity contribution in [2.24, 2.45) is 5.92 Å². The number of furan rings is 1. The maximum absolute atomic E-state index is 13.8. The minimum absolute atomic E-state index is 0.0762. The summed E-state index contributed by atoms with van der Waals surface area (Å²) in [6.07, 6.45) is 6.10. The van der Waals surface area contributed by atoms with Crippen LogP contribution in [0.1, 0.15) is 61.1 Å². The molecule has 1 N–H and O–H groups in total. The standard InChI is InChI=1S/C26H31N3O3/c1-17-8-10-19(11-9-17)15-29-24(30)22-14-23-21(12-13-32-23)28(22)16-26(29,3)25(31)27-20-7-5-4-6-18(20)2/h8-14,18,20H,4-7,15-16H2,1-3H3,(H,27,31). The first-order chi connectivity index (χ1) is 15.4. The molecule has 2 aromatic heterocycles. The quantitative estimate of drug-likeness (QED) is 0.651. The molecule has 32 heavy (non-hydrogen) atoms. The second-order valence-electron chi connectivity index (χ2n) is 9.78. The molecule has 1 saturated carbocycles. The summed E-state index contributed by atoms with van der Waals surface area (Å²) in [4.78, 5) is 29.3. The molecule has 5 rings (SSSR count). The van der Waals surface area contributed by atoms with Crippen molar-refractivity contribution in [2.75, 3.05) is 0 Å². The van der Waals surface area contributed by atoms with Gasteiger partial charge in [0.15, 0.2) is 5.58 Å². The first-order valence-electron chi connectivity index (χ1n) is 11.6. The third-order valence-corrected chi connectivity index (χ3v) is 7.43. The maximum Gasteiger partial charge on any atom is 0.271 e. The number of carbonyl (C=O) groups excluding carboxylic acids is 2. The van der Waals surface area contributed by atoms with Crippen LogP contribution in [-0.2, 0) is 17.9 Å². The molecule has 2 aliphatic rings. The lowest BCUT2D eigenvalue weighted by molar-refractivity contribution is -0.134. The molecule has 3 aromatic rings. The van der Waals surface area contributed by atoms with E-state index in [4.69, 9.17) is 4.42 Å². The Morgan fingerprint density at radius 3 is 2.69 bits per heavy atom. The lowest BCUT2D eigenvalue weighted by Crippen LogP contribution is -2.65. The molecule has 6 nitrogen and oxygen atoms in total. The fourth-order valence-electron chi connectivity index (χ4n) is 5.25. The van der Waals surface area contributed by atoms with E-state index in [1.54, 1.807) is 17.2 Å². The van der Waals surface area contributed by atoms with Gasteiger partial charge in [0.1, 0.15) is 11.2 Å². The molecule has 1 fully saturated rings. The molecule has 0 radical (unpaired) electrons. The Balaban J connectivity index is 1.52. The fourth-order valence-corrected chi connectivity index (χ4v) is 5.25. The van der Waals surface area contributed by atoms with Gasteiger partial charge in [0.2, 0.25) is 5.91 Å². The highest BCUT2D eigenvalue weighted by Gasteiger charge is 2.48. The summed E-state index contributed by atoms with van der Waals surface area (Å²) < 4.78 is 7.50. The van der Waals surface area contributed by atoms with Crippen molar-refractivity contribution in [1.29, 1.82) is 0 Å². The number of aryl methyl sites for hydroxylation is 1. The minimum atomic E-state index is -1.00. The first kappa shape index (κ1) is 20.9. The number of benzene rings is 1. The van der Waals surface area contributed by atoms with Crippen molar-refractivity contribution in [3.05, 3.63) is 59.5 Å². The maximum atomic E-state index is 13.8. The van der Waals surface area contributed by atoms with Gasteiger partial charge in [-0.05, 0) is 38.2 Å². The Hall–Kier alpha value is -3.02. The van der Waals surface area contributed by atoms with Crippen LogP contribution >= 0.6 is 0 Å². The third kappa shape index (κ3) is 3.42. The second-order valence-corrected chi connectivity index (χ2v) is 9.78. The number of carbonyl (C=O) groups is 2. The van der Waals surface area contributed by atoms with Crippen LogP contribution in [0.2, 0.25) is 0 Å². The molecule has 1 aromatic carbocycles. The zero-order chi connectivity index (χ0) is 22.5. The van der Waals surface area contributed by atoms with Crippen LogP contribution in [0, 0.1) is 12.8 Å². The van der Waals surface area contributed by atoms with Gasteiger partial charge >= 0.3 is 0 Å². The van der Waals surface area contributed by atoms with Crippen molar-refractivity contribution >= 4 is 22.9 Å². The SMILES string of the molecule is Cc1ccc(CN2C(=O)c3cc4occc4n3CC2(C)C(=O)NC2CCCCC2C)cc1. The molecule has 6 heteroatoms. The van der Waals surface area contributed by atoms with Crippen molar-refractivity contribution in [2.45, 2.75) is 71.1 Å². The molecule has 0 bridgehead atoms. The van der Waals surface area contributed by atoms with E-state index in [1.165, 1.54) is 12.0 Å². The van der Waals surface area contributed by atoms with Gasteiger partial charge in [-0.2, -0.15) is 0 Å². The molecule has 3 atom stereocenters. The van der Waals surface area contributed by atoms with E-state index < -0.39 is 5.54 Å². The normalized spacial score (nSPS) is 25.7. The highest BCUT2D eigenvalue weighted by molar-refractivity contribution is 6.02. The smallest absolute Gasteiger partial charge is 0.271 e. The molecule has 1 aliphatic carbocycles. The van der Waals surface area contributed by atoms with Gasteiger partial charge in [0.25, 0.3) is 5.91 Å². The number of hydrogen-bond donors (Lipinski definition) is 1. The Morgan fingerprint density at radius 2 is 1.94 bits per heavy atom. The summed E-state index contributed by atoms with van der Waals surface area (Å²) in [5.74, 6) is 0.231. The average Bonchev–Trinajstić information content (AvgIpc) is 3.36. The van der Waals surface area contributed by atoms with E-state index >= 15 is 0 Å². The predicted octanol–water partition coefficient (Wildman–Crippen LogP) is 4.65. The zero-order valence-electron chi connectivity index (χ0n) is 19.1. The Bertz CT molecular complexity index is 1160. The van der Waals surface area contributed by atoms with Crippen molar-refractivity contribution in [3.8, 4) is 0 Å². The van der Waals surface area contributed by atoms with Gasteiger partial charge < -0.3 is 19.2 Å². The van der Waals surface area contributed by atoms with Gasteiger partial charge in [-0.3, -0.25) is 9.59 Å². The first-order valence-corrected chi connectivity index (χ1v) is 11.6. The van der Waals surface area contributed by atoms with E-state index in [9.17, 15) is 9.59 Å². The molecule has 0 spiro atoms. The molecule has 2 amide bonds. The summed E-state index contributed by atoms with van der Waals surface area (Å²) >= 11 is 0. The molecule has 0 saturated heterocycles. The van der Waals surface area contributed by atoms with E-state index in [0.29, 0.717) is 30.3 Å². The lowest BCUT2D eigenvalue weighted by Gasteiger charge is -2.45. The number of amides is 2. The molecule has 1 aliphatic heterocycles. The van der Waals surface area contributed by atoms with Gasteiger partial charge in [0.05, 0.1) is 18.3 Å². The number of nitrogens with zero attached hydrogens (tertiary/aromatic N) is 2. The van der Waals surface area contributed by atoms with Crippen LogP contribution in [-0.4, -0.2) is 32.9 Å². The van der Waals surface area contributed by atoms with E-state index in [1.807, 2.05) is 48.7 Å². The van der Waals surface area contributed by atoms with Gasteiger partial charge in [0, 0.05) is 24.7 Å². The molecular weight excluding hydrogens is 402 g/mol. The summed E-state index contributed by atoms with van der Waals surface area (Å²) in [6.45, 7) is 6.94. The van der Waals surface area contributed by atoms with Crippen molar-refractivity contribution in [1.82, 2.24) is 14.8 Å². The number of nitrogens with one attached hydrogen (secondary N) is 1. The van der Waals surface area contributed by atoms with Crippen molar-refractivity contribution in [3.63, 3.8) is 0 Å². The molecule has 3 heterocycles.